The highest BCUT2D eigenvalue weighted by Gasteiger charge is 2.32. The fourth-order valence-electron chi connectivity index (χ4n) is 2.87. The smallest absolute Gasteiger partial charge is 0.234 e. The number of carbonyl (C=O) groups excluding carboxylic acids is 1. The molecule has 0 saturated heterocycles. The van der Waals surface area contributed by atoms with E-state index < -0.39 is 5.41 Å². The average molecular weight is 357 g/mol. The van der Waals surface area contributed by atoms with Crippen LogP contribution in [0, 0.1) is 0 Å². The Hall–Kier alpha value is -2.46. The van der Waals surface area contributed by atoms with E-state index in [-0.39, 0.29) is 5.91 Å². The summed E-state index contributed by atoms with van der Waals surface area (Å²) >= 11 is 6.05. The van der Waals surface area contributed by atoms with E-state index in [1.54, 1.807) is 0 Å². The van der Waals surface area contributed by atoms with Crippen LogP contribution in [0.2, 0.25) is 5.02 Å². The van der Waals surface area contributed by atoms with E-state index in [4.69, 9.17) is 16.3 Å². The molecule has 3 aromatic rings. The molecule has 0 spiro atoms. The van der Waals surface area contributed by atoms with E-state index in [0.29, 0.717) is 23.1 Å². The number of H-pyrrole nitrogens is 1. The Morgan fingerprint density at radius 2 is 2.00 bits per heavy atom. The molecule has 0 radical (unpaired) electrons. The highest BCUT2D eigenvalue weighted by atomic mass is 35.5. The quantitative estimate of drug-likeness (QED) is 0.665. The Balaban J connectivity index is 1.92. The van der Waals surface area contributed by atoms with Crippen molar-refractivity contribution in [3.05, 3.63) is 59.2 Å². The molecular formula is C20H21ClN2O2. The van der Waals surface area contributed by atoms with Gasteiger partial charge < -0.3 is 15.0 Å². The first kappa shape index (κ1) is 17.4. The number of hydrogen-bond acceptors (Lipinski definition) is 2. The highest BCUT2D eigenvalue weighted by Crippen LogP contribution is 2.34. The average Bonchev–Trinajstić information content (AvgIpc) is 3.00. The van der Waals surface area contributed by atoms with Crippen molar-refractivity contribution in [2.75, 3.05) is 11.9 Å². The number of halogens is 1. The third-order valence-corrected chi connectivity index (χ3v) is 4.55. The van der Waals surface area contributed by atoms with Crippen molar-refractivity contribution in [3.8, 4) is 5.75 Å². The first-order chi connectivity index (χ1) is 11.9. The topological polar surface area (TPSA) is 54.1 Å². The monoisotopic (exact) mass is 356 g/mol. The second-order valence-electron chi connectivity index (χ2n) is 6.40. The van der Waals surface area contributed by atoms with Gasteiger partial charge >= 0.3 is 0 Å². The van der Waals surface area contributed by atoms with Crippen LogP contribution in [0.4, 0.5) is 5.69 Å². The number of aromatic nitrogens is 1. The fraction of sp³-hybridized carbons (Fsp3) is 0.250. The molecule has 0 atom stereocenters. The third-order valence-electron chi connectivity index (χ3n) is 4.32. The minimum absolute atomic E-state index is 0.101. The summed E-state index contributed by atoms with van der Waals surface area (Å²) in [5.41, 5.74) is 1.78. The van der Waals surface area contributed by atoms with Crippen molar-refractivity contribution in [3.63, 3.8) is 0 Å². The number of amides is 1. The van der Waals surface area contributed by atoms with Crippen molar-refractivity contribution >= 4 is 34.1 Å². The molecule has 0 bridgehead atoms. The Morgan fingerprint density at radius 1 is 1.24 bits per heavy atom. The van der Waals surface area contributed by atoms with Crippen molar-refractivity contribution < 1.29 is 9.53 Å². The summed E-state index contributed by atoms with van der Waals surface area (Å²) in [5, 5.41) is 4.65. The third kappa shape index (κ3) is 3.35. The van der Waals surface area contributed by atoms with Crippen LogP contribution in [0.25, 0.3) is 10.9 Å². The molecule has 0 aliphatic rings. The molecule has 5 heteroatoms. The van der Waals surface area contributed by atoms with Crippen LogP contribution in [-0.4, -0.2) is 17.5 Å². The lowest BCUT2D eigenvalue weighted by molar-refractivity contribution is -0.120. The van der Waals surface area contributed by atoms with Crippen LogP contribution >= 0.6 is 11.6 Å². The van der Waals surface area contributed by atoms with Gasteiger partial charge in [-0.25, -0.2) is 0 Å². The van der Waals surface area contributed by atoms with Gasteiger partial charge in [-0.15, -0.1) is 0 Å². The number of para-hydroxylation sites is 2. The van der Waals surface area contributed by atoms with Gasteiger partial charge in [0.2, 0.25) is 5.91 Å². The van der Waals surface area contributed by atoms with Gasteiger partial charge in [-0.3, -0.25) is 4.79 Å². The predicted molar refractivity (Wildman–Crippen MR) is 103 cm³/mol. The first-order valence-corrected chi connectivity index (χ1v) is 8.61. The molecule has 0 unspecified atom stereocenters. The van der Waals surface area contributed by atoms with E-state index in [2.05, 4.69) is 10.3 Å². The highest BCUT2D eigenvalue weighted by molar-refractivity contribution is 6.31. The van der Waals surface area contributed by atoms with Gasteiger partial charge in [0.05, 0.1) is 17.7 Å². The summed E-state index contributed by atoms with van der Waals surface area (Å²) in [5.74, 6) is 0.565. The van der Waals surface area contributed by atoms with Gasteiger partial charge in [0.1, 0.15) is 5.75 Å². The van der Waals surface area contributed by atoms with Gasteiger partial charge in [-0.2, -0.15) is 0 Å². The number of fused-ring (bicyclic) bond motifs is 1. The molecule has 1 aromatic heterocycles. The number of nitrogens with one attached hydrogen (secondary N) is 2. The molecule has 0 aliphatic heterocycles. The first-order valence-electron chi connectivity index (χ1n) is 8.24. The van der Waals surface area contributed by atoms with Gasteiger partial charge in [0, 0.05) is 22.1 Å². The number of benzene rings is 2. The largest absolute Gasteiger partial charge is 0.492 e. The number of rotatable bonds is 5. The summed E-state index contributed by atoms with van der Waals surface area (Å²) < 4.78 is 5.59. The van der Waals surface area contributed by atoms with E-state index in [0.717, 1.165) is 16.5 Å². The van der Waals surface area contributed by atoms with E-state index in [1.807, 2.05) is 69.4 Å². The molecule has 0 aliphatic carbocycles. The maximum atomic E-state index is 13.0. The van der Waals surface area contributed by atoms with Crippen LogP contribution < -0.4 is 10.1 Å². The number of aromatic amines is 1. The zero-order chi connectivity index (χ0) is 18.0. The zero-order valence-corrected chi connectivity index (χ0v) is 15.3. The van der Waals surface area contributed by atoms with Gasteiger partial charge in [0.15, 0.2) is 0 Å². The standard InChI is InChI=1S/C20H21ClN2O2/c1-4-25-18-8-6-5-7-16(18)23-19(24)20(2,3)15-12-22-17-11-13(21)9-10-14(15)17/h5-12,22H,4H2,1-3H3,(H,23,24). The second-order valence-corrected chi connectivity index (χ2v) is 6.84. The lowest BCUT2D eigenvalue weighted by Gasteiger charge is -2.24. The predicted octanol–water partition coefficient (Wildman–Crippen LogP) is 5.14. The summed E-state index contributed by atoms with van der Waals surface area (Å²) in [6.45, 7) is 6.27. The molecule has 2 aromatic carbocycles. The second kappa shape index (κ2) is 6.81. The summed E-state index contributed by atoms with van der Waals surface area (Å²) in [7, 11) is 0. The van der Waals surface area contributed by atoms with Gasteiger partial charge in [-0.05, 0) is 50.6 Å². The SMILES string of the molecule is CCOc1ccccc1NC(=O)C(C)(C)c1c[nH]c2cc(Cl)ccc12. The molecule has 25 heavy (non-hydrogen) atoms. The van der Waals surface area contributed by atoms with Crippen LogP contribution in [-0.2, 0) is 10.2 Å². The van der Waals surface area contributed by atoms with Gasteiger partial charge in [0.25, 0.3) is 0 Å². The molecule has 1 amide bonds. The Labute approximate surface area is 152 Å². The molecule has 130 valence electrons. The number of anilines is 1. The molecular weight excluding hydrogens is 336 g/mol. The molecule has 1 heterocycles. The lowest BCUT2D eigenvalue weighted by Crippen LogP contribution is -2.34. The molecule has 0 fully saturated rings. The van der Waals surface area contributed by atoms with Crippen molar-refractivity contribution in [1.29, 1.82) is 0 Å². The minimum atomic E-state index is -0.731. The normalized spacial score (nSPS) is 11.5. The molecule has 4 nitrogen and oxygen atoms in total. The Bertz CT molecular complexity index is 915. The number of carbonyl (C=O) groups is 1. The molecule has 2 N–H and O–H groups in total. The summed E-state index contributed by atoms with van der Waals surface area (Å²) in [6, 6.07) is 13.1. The van der Waals surface area contributed by atoms with Gasteiger partial charge in [-0.1, -0.05) is 29.8 Å². The van der Waals surface area contributed by atoms with Crippen LogP contribution in [0.5, 0.6) is 5.75 Å². The fourth-order valence-corrected chi connectivity index (χ4v) is 3.04. The molecule has 0 saturated carbocycles. The van der Waals surface area contributed by atoms with Crippen LogP contribution in [0.1, 0.15) is 26.3 Å². The lowest BCUT2D eigenvalue weighted by atomic mass is 9.83. The maximum absolute atomic E-state index is 13.0. The van der Waals surface area contributed by atoms with Crippen molar-refractivity contribution in [2.24, 2.45) is 0 Å². The minimum Gasteiger partial charge on any atom is -0.492 e. The number of ether oxygens (including phenoxy) is 1. The summed E-state index contributed by atoms with van der Waals surface area (Å²) in [6.07, 6.45) is 1.87. The Morgan fingerprint density at radius 3 is 2.76 bits per heavy atom. The Kier molecular flexibility index (Phi) is 4.73. The molecule has 3 rings (SSSR count). The van der Waals surface area contributed by atoms with E-state index in [1.165, 1.54) is 0 Å². The number of hydrogen-bond donors (Lipinski definition) is 2. The summed E-state index contributed by atoms with van der Waals surface area (Å²) in [4.78, 5) is 16.2. The zero-order valence-electron chi connectivity index (χ0n) is 14.5. The maximum Gasteiger partial charge on any atom is 0.234 e. The van der Waals surface area contributed by atoms with E-state index >= 15 is 0 Å². The van der Waals surface area contributed by atoms with Crippen LogP contribution in [0.15, 0.2) is 48.7 Å². The van der Waals surface area contributed by atoms with E-state index in [9.17, 15) is 4.79 Å². The van der Waals surface area contributed by atoms with Crippen LogP contribution in [0.3, 0.4) is 0 Å². The van der Waals surface area contributed by atoms with Crippen molar-refractivity contribution in [1.82, 2.24) is 4.98 Å². The van der Waals surface area contributed by atoms with Crippen molar-refractivity contribution in [2.45, 2.75) is 26.2 Å².